The molecule has 55 heavy (non-hydrogen) atoms. The van der Waals surface area contributed by atoms with Gasteiger partial charge in [-0.2, -0.15) is 4.99 Å². The first kappa shape index (κ1) is 38.5. The molecule has 4 amide bonds. The third-order valence-electron chi connectivity index (χ3n) is 8.10. The molecule has 1 aromatic heterocycles. The molecule has 1 unspecified atom stereocenters. The van der Waals surface area contributed by atoms with Crippen LogP contribution >= 0.6 is 11.8 Å². The number of anilines is 1. The molecule has 0 saturated carbocycles. The highest BCUT2D eigenvalue weighted by Gasteiger charge is 2.33. The molecule has 6 rings (SSSR count). The van der Waals surface area contributed by atoms with E-state index in [2.05, 4.69) is 30.4 Å². The second-order valence-electron chi connectivity index (χ2n) is 12.4. The highest BCUT2D eigenvalue weighted by atomic mass is 32.2. The first-order valence-electron chi connectivity index (χ1n) is 16.8. The molecular formula is C38H33F4N7O5S. The number of amides is 4. The van der Waals surface area contributed by atoms with Gasteiger partial charge in [-0.25, -0.2) is 23.6 Å². The van der Waals surface area contributed by atoms with Gasteiger partial charge in [0.25, 0.3) is 0 Å². The van der Waals surface area contributed by atoms with Crippen molar-refractivity contribution in [1.29, 1.82) is 0 Å². The number of alkyl halides is 3. The summed E-state index contributed by atoms with van der Waals surface area (Å²) < 4.78 is 62.4. The topological polar surface area (TPSA) is 140 Å². The summed E-state index contributed by atoms with van der Waals surface area (Å²) in [6.45, 7) is 3.71. The minimum atomic E-state index is -4.81. The van der Waals surface area contributed by atoms with Crippen molar-refractivity contribution < 1.29 is 41.4 Å². The maximum atomic E-state index is 14.1. The van der Waals surface area contributed by atoms with Gasteiger partial charge < -0.3 is 20.1 Å². The zero-order chi connectivity index (χ0) is 39.1. The van der Waals surface area contributed by atoms with Crippen molar-refractivity contribution in [1.82, 2.24) is 25.4 Å². The molecule has 1 atom stereocenters. The van der Waals surface area contributed by atoms with Crippen LogP contribution in [0.4, 0.5) is 32.8 Å². The predicted molar refractivity (Wildman–Crippen MR) is 197 cm³/mol. The monoisotopic (exact) mass is 775 g/mol. The smallest absolute Gasteiger partial charge is 0.445 e. The first-order valence-corrected chi connectivity index (χ1v) is 17.8. The lowest BCUT2D eigenvalue weighted by molar-refractivity contribution is -0.274. The van der Waals surface area contributed by atoms with Crippen molar-refractivity contribution in [3.05, 3.63) is 126 Å². The molecule has 1 aliphatic rings. The van der Waals surface area contributed by atoms with Crippen LogP contribution in [-0.2, 0) is 22.6 Å². The molecule has 0 aliphatic carbocycles. The van der Waals surface area contributed by atoms with Crippen LogP contribution in [0.25, 0.3) is 17.1 Å². The fraction of sp³-hybridized carbons (Fsp3) is 0.211. The van der Waals surface area contributed by atoms with Crippen LogP contribution in [-0.4, -0.2) is 56.2 Å². The van der Waals surface area contributed by atoms with Crippen LogP contribution in [0.1, 0.15) is 36.5 Å². The molecule has 5 aromatic rings. The SMILES string of the molecule is CC(C)c1cc(F)ccc1N1C(=O)CSC1=NC(=O)NC(Cc1ccc(-c2ncn(-c3ccc(OC(F)(F)F)cc3)n2)cc1)NC(=O)OCc1ccccc1. The van der Waals surface area contributed by atoms with E-state index in [-0.39, 0.29) is 41.5 Å². The standard InChI is InChI=1S/C38H33F4N7O5S/c1-23(2)30-19-27(39)12-17-31(30)49-33(50)21-55-36(49)46-35(51)44-32(45-37(52)53-20-25-6-4-3-5-7-25)18-24-8-10-26(11-9-24)34-43-22-48(47-34)28-13-15-29(16-14-28)54-38(40,41)42/h3-17,19,22-23,32H,18,20-21H2,1-2H3,(H,44,51)(H,45,52). The van der Waals surface area contributed by atoms with E-state index < -0.39 is 30.5 Å². The number of rotatable bonds is 11. The van der Waals surface area contributed by atoms with Crippen LogP contribution in [0.15, 0.2) is 108 Å². The number of urea groups is 1. The number of carbonyl (C=O) groups excluding carboxylic acids is 3. The van der Waals surface area contributed by atoms with Gasteiger partial charge in [-0.05, 0) is 65.1 Å². The zero-order valence-electron chi connectivity index (χ0n) is 29.3. The normalized spacial score (nSPS) is 14.3. The van der Waals surface area contributed by atoms with Gasteiger partial charge in [-0.3, -0.25) is 9.69 Å². The van der Waals surface area contributed by atoms with Gasteiger partial charge >= 0.3 is 18.5 Å². The number of nitrogens with one attached hydrogen (secondary N) is 2. The molecule has 4 aromatic carbocycles. The van der Waals surface area contributed by atoms with Gasteiger partial charge in [0.15, 0.2) is 11.0 Å². The number of carbonyl (C=O) groups is 3. The van der Waals surface area contributed by atoms with Gasteiger partial charge in [-0.1, -0.05) is 80.2 Å². The number of halogens is 4. The second kappa shape index (κ2) is 16.8. The van der Waals surface area contributed by atoms with Gasteiger partial charge in [0.1, 0.15) is 30.7 Å². The Bertz CT molecular complexity index is 2180. The molecule has 0 bridgehead atoms. The van der Waals surface area contributed by atoms with Crippen molar-refractivity contribution in [2.45, 2.75) is 45.3 Å². The van der Waals surface area contributed by atoms with E-state index in [1.165, 1.54) is 58.4 Å². The molecule has 12 nitrogen and oxygen atoms in total. The summed E-state index contributed by atoms with van der Waals surface area (Å²) in [5.41, 5.74) is 3.51. The Morgan fingerprint density at radius 3 is 2.36 bits per heavy atom. The lowest BCUT2D eigenvalue weighted by Gasteiger charge is -2.22. The van der Waals surface area contributed by atoms with Gasteiger partial charge in [0.2, 0.25) is 5.91 Å². The summed E-state index contributed by atoms with van der Waals surface area (Å²) in [7, 11) is 0. The minimum absolute atomic E-state index is 0.0149. The number of nitrogens with zero attached hydrogens (tertiary/aromatic N) is 5. The molecule has 0 radical (unpaired) electrons. The quantitative estimate of drug-likeness (QED) is 0.103. The van der Waals surface area contributed by atoms with E-state index >= 15 is 0 Å². The number of ether oxygens (including phenoxy) is 2. The Balaban J connectivity index is 1.17. The van der Waals surface area contributed by atoms with Crippen LogP contribution in [0.2, 0.25) is 0 Å². The fourth-order valence-corrected chi connectivity index (χ4v) is 6.39. The largest absolute Gasteiger partial charge is 0.573 e. The highest BCUT2D eigenvalue weighted by Crippen LogP contribution is 2.34. The first-order chi connectivity index (χ1) is 26.3. The molecular weight excluding hydrogens is 743 g/mol. The number of aliphatic imine (C=N–C) groups is 1. The molecule has 1 aliphatic heterocycles. The Morgan fingerprint density at radius 2 is 1.67 bits per heavy atom. The van der Waals surface area contributed by atoms with Crippen molar-refractivity contribution in [2.75, 3.05) is 10.7 Å². The Kier molecular flexibility index (Phi) is 11.8. The van der Waals surface area contributed by atoms with E-state index in [0.717, 1.165) is 17.3 Å². The minimum Gasteiger partial charge on any atom is -0.445 e. The average molecular weight is 776 g/mol. The molecule has 17 heteroatoms. The molecule has 0 spiro atoms. The van der Waals surface area contributed by atoms with Crippen LogP contribution in [0.3, 0.4) is 0 Å². The van der Waals surface area contributed by atoms with E-state index in [4.69, 9.17) is 4.74 Å². The van der Waals surface area contributed by atoms with E-state index in [1.54, 1.807) is 36.4 Å². The summed E-state index contributed by atoms with van der Waals surface area (Å²) in [6, 6.07) is 24.4. The van der Waals surface area contributed by atoms with E-state index in [9.17, 15) is 31.9 Å². The maximum Gasteiger partial charge on any atom is 0.573 e. The molecule has 284 valence electrons. The number of thioether (sulfide) groups is 1. The number of benzene rings is 4. The fourth-order valence-electron chi connectivity index (χ4n) is 5.53. The maximum absolute atomic E-state index is 14.1. The van der Waals surface area contributed by atoms with Crippen LogP contribution in [0.5, 0.6) is 5.75 Å². The van der Waals surface area contributed by atoms with Crippen LogP contribution in [0, 0.1) is 5.82 Å². The summed E-state index contributed by atoms with van der Waals surface area (Å²) >= 11 is 1.06. The number of alkyl carbamates (subject to hydrolysis) is 1. The van der Waals surface area contributed by atoms with Crippen molar-refractivity contribution in [2.24, 2.45) is 4.99 Å². The third kappa shape index (κ3) is 10.3. The van der Waals surface area contributed by atoms with E-state index in [1.807, 2.05) is 32.0 Å². The highest BCUT2D eigenvalue weighted by molar-refractivity contribution is 8.15. The Labute approximate surface area is 316 Å². The molecule has 1 saturated heterocycles. The number of amidine groups is 1. The molecule has 1 fully saturated rings. The molecule has 2 N–H and O–H groups in total. The van der Waals surface area contributed by atoms with Crippen LogP contribution < -0.4 is 20.3 Å². The number of hydrogen-bond acceptors (Lipinski definition) is 8. The van der Waals surface area contributed by atoms with E-state index in [0.29, 0.717) is 33.9 Å². The lowest BCUT2D eigenvalue weighted by Crippen LogP contribution is -2.49. The van der Waals surface area contributed by atoms with Crippen molar-refractivity contribution in [3.63, 3.8) is 0 Å². The van der Waals surface area contributed by atoms with Gasteiger partial charge in [-0.15, -0.1) is 18.3 Å². The Morgan fingerprint density at radius 1 is 0.945 bits per heavy atom. The van der Waals surface area contributed by atoms with Gasteiger partial charge in [0.05, 0.1) is 17.1 Å². The average Bonchev–Trinajstić information content (AvgIpc) is 3.78. The summed E-state index contributed by atoms with van der Waals surface area (Å²) in [5.74, 6) is -0.917. The zero-order valence-corrected chi connectivity index (χ0v) is 30.1. The summed E-state index contributed by atoms with van der Waals surface area (Å²) in [6.07, 6.45) is -5.11. The lowest BCUT2D eigenvalue weighted by atomic mass is 10.0. The molecule has 2 heterocycles. The van der Waals surface area contributed by atoms with Gasteiger partial charge in [0, 0.05) is 12.0 Å². The second-order valence-corrected chi connectivity index (χ2v) is 13.4. The van der Waals surface area contributed by atoms with Crippen molar-refractivity contribution in [3.8, 4) is 22.8 Å². The van der Waals surface area contributed by atoms with Crippen molar-refractivity contribution >= 4 is 40.6 Å². The summed E-state index contributed by atoms with van der Waals surface area (Å²) in [5, 5.41) is 9.88. The number of hydrogen-bond donors (Lipinski definition) is 2. The third-order valence-corrected chi connectivity index (χ3v) is 9.02. The Hall–Kier alpha value is -6.23. The summed E-state index contributed by atoms with van der Waals surface area (Å²) in [4.78, 5) is 49.0. The predicted octanol–water partition coefficient (Wildman–Crippen LogP) is 7.74. The number of aromatic nitrogens is 3.